The highest BCUT2D eigenvalue weighted by molar-refractivity contribution is 8.19. The molecule has 4 aromatic carbocycles. The van der Waals surface area contributed by atoms with Gasteiger partial charge in [-0.2, -0.15) is 0 Å². The number of nitrogens with one attached hydrogen (secondary N) is 1. The summed E-state index contributed by atoms with van der Waals surface area (Å²) in [6.07, 6.45) is 1.70. The van der Waals surface area contributed by atoms with Crippen molar-refractivity contribution in [3.05, 3.63) is 121 Å². The summed E-state index contributed by atoms with van der Waals surface area (Å²) in [5, 5.41) is 4.24. The highest BCUT2D eigenvalue weighted by Crippen LogP contribution is 2.40. The Morgan fingerprint density at radius 3 is 2.12 bits per heavy atom. The molecule has 0 saturated carbocycles. The van der Waals surface area contributed by atoms with Crippen LogP contribution in [0.5, 0.6) is 5.75 Å². The van der Waals surface area contributed by atoms with Crippen LogP contribution in [0.15, 0.2) is 88.8 Å². The van der Waals surface area contributed by atoms with E-state index in [4.69, 9.17) is 56.1 Å². The Hall–Kier alpha value is -3.46. The van der Waals surface area contributed by atoms with E-state index in [1.165, 1.54) is 17.8 Å². The second kappa shape index (κ2) is 13.5. The van der Waals surface area contributed by atoms with Gasteiger partial charge in [0.05, 0.1) is 36.4 Å². The molecule has 11 heteroatoms. The van der Waals surface area contributed by atoms with Gasteiger partial charge in [-0.1, -0.05) is 81.8 Å². The van der Waals surface area contributed by atoms with Gasteiger partial charge in [0.25, 0.3) is 11.8 Å². The molecule has 0 radical (unpaired) electrons. The number of amidine groups is 1. The fourth-order valence-electron chi connectivity index (χ4n) is 4.06. The third-order valence-corrected chi connectivity index (χ3v) is 8.50. The zero-order chi connectivity index (χ0) is 30.7. The Labute approximate surface area is 273 Å². The molecule has 0 spiro atoms. The lowest BCUT2D eigenvalue weighted by Gasteiger charge is -2.16. The number of hydrogen-bond acceptors (Lipinski definition) is 5. The van der Waals surface area contributed by atoms with Gasteiger partial charge in [0, 0.05) is 5.69 Å². The Morgan fingerprint density at radius 1 is 0.860 bits per heavy atom. The first-order valence-electron chi connectivity index (χ1n) is 12.9. The normalized spacial score (nSPS) is 14.9. The molecule has 0 aliphatic carbocycles. The van der Waals surface area contributed by atoms with Gasteiger partial charge >= 0.3 is 0 Å². The third-order valence-electron chi connectivity index (χ3n) is 6.23. The number of ether oxygens (including phenoxy) is 1. The summed E-state index contributed by atoms with van der Waals surface area (Å²) in [6, 6.07) is 23.4. The van der Waals surface area contributed by atoms with Crippen molar-refractivity contribution in [1.29, 1.82) is 0 Å². The van der Waals surface area contributed by atoms with E-state index in [0.717, 1.165) is 16.8 Å². The maximum atomic E-state index is 13.7. The number of anilines is 2. The van der Waals surface area contributed by atoms with E-state index in [-0.39, 0.29) is 28.3 Å². The van der Waals surface area contributed by atoms with Crippen LogP contribution in [0.2, 0.25) is 20.1 Å². The van der Waals surface area contributed by atoms with Crippen LogP contribution < -0.4 is 15.0 Å². The van der Waals surface area contributed by atoms with Crippen LogP contribution in [0.25, 0.3) is 6.08 Å². The maximum Gasteiger partial charge on any atom is 0.271 e. The first-order chi connectivity index (χ1) is 20.6. The van der Waals surface area contributed by atoms with Gasteiger partial charge in [-0.3, -0.25) is 14.5 Å². The summed E-state index contributed by atoms with van der Waals surface area (Å²) in [4.78, 5) is 32.9. The zero-order valence-electron chi connectivity index (χ0n) is 22.8. The molecule has 1 N–H and O–H groups in total. The van der Waals surface area contributed by atoms with Crippen LogP contribution in [-0.2, 0) is 9.59 Å². The van der Waals surface area contributed by atoms with Crippen molar-refractivity contribution in [3.63, 3.8) is 0 Å². The van der Waals surface area contributed by atoms with Gasteiger partial charge < -0.3 is 10.1 Å². The van der Waals surface area contributed by atoms with Crippen LogP contribution in [0.3, 0.4) is 0 Å². The molecule has 5 rings (SSSR count). The van der Waals surface area contributed by atoms with E-state index in [2.05, 4.69) is 5.32 Å². The van der Waals surface area contributed by atoms with Gasteiger partial charge in [0.1, 0.15) is 0 Å². The van der Waals surface area contributed by atoms with Crippen LogP contribution in [0.4, 0.5) is 17.1 Å². The number of benzene rings is 4. The van der Waals surface area contributed by atoms with Gasteiger partial charge in [-0.05, 0) is 91.8 Å². The quantitative estimate of drug-likeness (QED) is 0.199. The van der Waals surface area contributed by atoms with Crippen molar-refractivity contribution in [2.75, 3.05) is 16.8 Å². The molecule has 218 valence electrons. The fraction of sp³-hybridized carbons (Fsp3) is 0.0938. The molecule has 0 aromatic heterocycles. The van der Waals surface area contributed by atoms with Crippen molar-refractivity contribution in [2.45, 2.75) is 13.8 Å². The number of aryl methyl sites for hydroxylation is 2. The van der Waals surface area contributed by atoms with E-state index in [9.17, 15) is 9.59 Å². The molecular formula is C32H23Cl4N3O3S. The molecule has 2 amide bonds. The number of halogens is 4. The highest BCUT2D eigenvalue weighted by Gasteiger charge is 2.35. The second-order valence-corrected chi connectivity index (χ2v) is 12.2. The van der Waals surface area contributed by atoms with E-state index in [0.29, 0.717) is 37.1 Å². The first kappa shape index (κ1) is 31.0. The van der Waals surface area contributed by atoms with Crippen molar-refractivity contribution < 1.29 is 14.3 Å². The summed E-state index contributed by atoms with van der Waals surface area (Å²) < 4.78 is 5.62. The first-order valence-corrected chi connectivity index (χ1v) is 15.2. The average Bonchev–Trinajstić information content (AvgIpc) is 3.26. The minimum Gasteiger partial charge on any atom is -0.481 e. The Balaban J connectivity index is 1.36. The van der Waals surface area contributed by atoms with E-state index in [1.807, 2.05) is 62.4 Å². The van der Waals surface area contributed by atoms with Gasteiger partial charge in [-0.25, -0.2) is 4.99 Å². The molecule has 0 bridgehead atoms. The zero-order valence-corrected chi connectivity index (χ0v) is 26.7. The molecule has 0 atom stereocenters. The maximum absolute atomic E-state index is 13.7. The Kier molecular flexibility index (Phi) is 9.69. The third kappa shape index (κ3) is 7.55. The number of carbonyl (C=O) groups is 2. The summed E-state index contributed by atoms with van der Waals surface area (Å²) >= 11 is 26.2. The number of nitrogens with zero attached hydrogens (tertiary/aromatic N) is 2. The standard InChI is InChI=1S/C32H23Cl4N3O3S/c1-18-3-7-21(8-4-18)38-32-39(23-10-5-19(2)6-11-23)31(41)28(43-32)15-20-13-26(35)30(27(36)14-20)42-17-29(40)37-22-9-12-24(33)25(34)16-22/h3-16H,17H2,1-2H3,(H,37,40)/b28-15+,38-32?. The lowest BCUT2D eigenvalue weighted by Crippen LogP contribution is -2.28. The molecule has 0 unspecified atom stereocenters. The van der Waals surface area contributed by atoms with Crippen molar-refractivity contribution in [1.82, 2.24) is 0 Å². The Morgan fingerprint density at radius 2 is 1.49 bits per heavy atom. The lowest BCUT2D eigenvalue weighted by molar-refractivity contribution is -0.118. The minimum absolute atomic E-state index is 0.142. The summed E-state index contributed by atoms with van der Waals surface area (Å²) in [6.45, 7) is 3.64. The largest absolute Gasteiger partial charge is 0.481 e. The van der Waals surface area contributed by atoms with E-state index < -0.39 is 5.91 Å². The number of hydrogen-bond donors (Lipinski definition) is 1. The SMILES string of the molecule is Cc1ccc(N=C2S/C(=C/c3cc(Cl)c(OCC(=O)Nc4ccc(Cl)c(Cl)c4)c(Cl)c3)C(=O)N2c2ccc(C)cc2)cc1. The number of amides is 2. The summed E-state index contributed by atoms with van der Waals surface area (Å²) in [5.74, 6) is -0.532. The molecular weight excluding hydrogens is 648 g/mol. The van der Waals surface area contributed by atoms with E-state index in [1.54, 1.807) is 35.2 Å². The molecule has 1 fully saturated rings. The Bertz CT molecular complexity index is 1750. The second-order valence-electron chi connectivity index (χ2n) is 9.60. The number of rotatable bonds is 7. The summed E-state index contributed by atoms with van der Waals surface area (Å²) in [7, 11) is 0. The number of thioether (sulfide) groups is 1. The number of carbonyl (C=O) groups excluding carboxylic acids is 2. The predicted octanol–water partition coefficient (Wildman–Crippen LogP) is 9.74. The monoisotopic (exact) mass is 669 g/mol. The smallest absolute Gasteiger partial charge is 0.271 e. The molecule has 1 saturated heterocycles. The molecule has 4 aromatic rings. The molecule has 43 heavy (non-hydrogen) atoms. The fourth-order valence-corrected chi connectivity index (χ4v) is 5.97. The predicted molar refractivity (Wildman–Crippen MR) is 180 cm³/mol. The van der Waals surface area contributed by atoms with Gasteiger partial charge in [-0.15, -0.1) is 0 Å². The van der Waals surface area contributed by atoms with Crippen LogP contribution in [0.1, 0.15) is 16.7 Å². The minimum atomic E-state index is -0.443. The van der Waals surface area contributed by atoms with Crippen molar-refractivity contribution in [3.8, 4) is 5.75 Å². The molecule has 6 nitrogen and oxygen atoms in total. The number of aliphatic imine (C=N–C) groups is 1. The van der Waals surface area contributed by atoms with Crippen LogP contribution in [-0.4, -0.2) is 23.6 Å². The molecule has 1 aliphatic rings. The topological polar surface area (TPSA) is 71.0 Å². The highest BCUT2D eigenvalue weighted by atomic mass is 35.5. The van der Waals surface area contributed by atoms with E-state index >= 15 is 0 Å². The van der Waals surface area contributed by atoms with Gasteiger partial charge in [0.15, 0.2) is 17.5 Å². The molecule has 1 aliphatic heterocycles. The van der Waals surface area contributed by atoms with Crippen molar-refractivity contribution in [2.24, 2.45) is 4.99 Å². The van der Waals surface area contributed by atoms with Crippen molar-refractivity contribution >= 4 is 98.3 Å². The summed E-state index contributed by atoms with van der Waals surface area (Å²) in [5.41, 5.74) is 4.67. The average molecular weight is 671 g/mol. The van der Waals surface area contributed by atoms with Crippen LogP contribution >= 0.6 is 58.2 Å². The lowest BCUT2D eigenvalue weighted by atomic mass is 10.2. The molecule has 1 heterocycles. The van der Waals surface area contributed by atoms with Gasteiger partial charge in [0.2, 0.25) is 0 Å². The van der Waals surface area contributed by atoms with Crippen LogP contribution in [0, 0.1) is 13.8 Å².